The number of amides is 1. The molecule has 2 heterocycles. The Morgan fingerprint density at radius 3 is 2.70 bits per heavy atom. The maximum Gasteiger partial charge on any atom is 0.258 e. The van der Waals surface area contributed by atoms with Crippen molar-refractivity contribution in [1.82, 2.24) is 14.8 Å². The van der Waals surface area contributed by atoms with Gasteiger partial charge < -0.3 is 5.32 Å². The standard InChI is InChI=1S/C22H15Cl2N5O/c1-12-4-3-5-16-13(2)8-19(27-20(12)16)29-21(14(10-25)11-26-29)28-22(30)17-9-15(23)6-7-18(17)24/h3-9,11H,1-2H3,(H,28,30). The van der Waals surface area contributed by atoms with Crippen LogP contribution in [-0.2, 0) is 0 Å². The predicted octanol–water partition coefficient (Wildman–Crippen LogP) is 5.47. The number of nitrogens with zero attached hydrogens (tertiary/aromatic N) is 4. The average Bonchev–Trinajstić information content (AvgIpc) is 3.13. The minimum absolute atomic E-state index is 0.194. The lowest BCUT2D eigenvalue weighted by Gasteiger charge is -2.12. The molecule has 30 heavy (non-hydrogen) atoms. The number of hydrogen-bond donors (Lipinski definition) is 1. The highest BCUT2D eigenvalue weighted by molar-refractivity contribution is 6.36. The van der Waals surface area contributed by atoms with Crippen molar-refractivity contribution in [3.05, 3.63) is 81.0 Å². The number of aryl methyl sites for hydroxylation is 2. The Bertz CT molecular complexity index is 1350. The van der Waals surface area contributed by atoms with Gasteiger partial charge in [0.25, 0.3) is 5.91 Å². The first-order valence-electron chi connectivity index (χ1n) is 9.01. The number of hydrogen-bond acceptors (Lipinski definition) is 4. The zero-order valence-electron chi connectivity index (χ0n) is 16.1. The summed E-state index contributed by atoms with van der Waals surface area (Å²) < 4.78 is 1.44. The van der Waals surface area contributed by atoms with Gasteiger partial charge in [-0.2, -0.15) is 15.0 Å². The van der Waals surface area contributed by atoms with Crippen molar-refractivity contribution < 1.29 is 4.79 Å². The van der Waals surface area contributed by atoms with E-state index in [9.17, 15) is 10.1 Å². The third-order valence-corrected chi connectivity index (χ3v) is 5.31. The van der Waals surface area contributed by atoms with Gasteiger partial charge in [-0.15, -0.1) is 0 Å². The lowest BCUT2D eigenvalue weighted by molar-refractivity contribution is 0.102. The molecule has 0 saturated heterocycles. The Morgan fingerprint density at radius 1 is 1.13 bits per heavy atom. The quantitative estimate of drug-likeness (QED) is 0.462. The van der Waals surface area contributed by atoms with Gasteiger partial charge in [0.15, 0.2) is 11.6 Å². The Labute approximate surface area is 182 Å². The molecular formula is C22H15Cl2N5O. The van der Waals surface area contributed by atoms with Gasteiger partial charge in [0.1, 0.15) is 11.6 Å². The molecule has 4 aromatic rings. The summed E-state index contributed by atoms with van der Waals surface area (Å²) in [5.74, 6) is 0.191. The fraction of sp³-hybridized carbons (Fsp3) is 0.0909. The summed E-state index contributed by atoms with van der Waals surface area (Å²) in [6.07, 6.45) is 1.38. The number of fused-ring (bicyclic) bond motifs is 1. The maximum atomic E-state index is 12.8. The van der Waals surface area contributed by atoms with Gasteiger partial charge in [-0.1, -0.05) is 41.4 Å². The van der Waals surface area contributed by atoms with Crippen molar-refractivity contribution in [3.63, 3.8) is 0 Å². The normalized spacial score (nSPS) is 10.8. The fourth-order valence-corrected chi connectivity index (χ4v) is 3.60. The van der Waals surface area contributed by atoms with Crippen molar-refractivity contribution >= 4 is 45.8 Å². The highest BCUT2D eigenvalue weighted by Crippen LogP contribution is 2.27. The van der Waals surface area contributed by atoms with Crippen LogP contribution in [0.5, 0.6) is 0 Å². The van der Waals surface area contributed by atoms with E-state index in [-0.39, 0.29) is 22.0 Å². The molecule has 0 unspecified atom stereocenters. The minimum Gasteiger partial charge on any atom is -0.305 e. The molecule has 8 heteroatoms. The molecule has 0 fully saturated rings. The molecule has 0 aliphatic heterocycles. The molecule has 1 N–H and O–H groups in total. The molecule has 148 valence electrons. The number of nitrogens with one attached hydrogen (secondary N) is 1. The molecular weight excluding hydrogens is 421 g/mol. The molecule has 0 bridgehead atoms. The van der Waals surface area contributed by atoms with E-state index in [0.29, 0.717) is 10.8 Å². The van der Waals surface area contributed by atoms with Crippen molar-refractivity contribution in [2.24, 2.45) is 0 Å². The second kappa shape index (κ2) is 7.79. The Kier molecular flexibility index (Phi) is 5.17. The molecule has 4 rings (SSSR count). The fourth-order valence-electron chi connectivity index (χ4n) is 3.22. The third-order valence-electron chi connectivity index (χ3n) is 4.75. The van der Waals surface area contributed by atoms with E-state index in [1.54, 1.807) is 12.1 Å². The van der Waals surface area contributed by atoms with E-state index < -0.39 is 5.91 Å². The van der Waals surface area contributed by atoms with Gasteiger partial charge in [0.05, 0.1) is 22.3 Å². The number of anilines is 1. The maximum absolute atomic E-state index is 12.8. The zero-order valence-corrected chi connectivity index (χ0v) is 17.6. The monoisotopic (exact) mass is 435 g/mol. The molecule has 0 saturated carbocycles. The molecule has 2 aromatic heterocycles. The first-order valence-corrected chi connectivity index (χ1v) is 9.76. The number of carbonyl (C=O) groups is 1. The summed E-state index contributed by atoms with van der Waals surface area (Å²) in [7, 11) is 0. The van der Waals surface area contributed by atoms with Crippen LogP contribution in [-0.4, -0.2) is 20.7 Å². The predicted molar refractivity (Wildman–Crippen MR) is 117 cm³/mol. The molecule has 2 aromatic carbocycles. The second-order valence-electron chi connectivity index (χ2n) is 6.78. The molecule has 0 aliphatic rings. The van der Waals surface area contributed by atoms with Crippen LogP contribution < -0.4 is 5.32 Å². The van der Waals surface area contributed by atoms with Crippen LogP contribution in [0.1, 0.15) is 27.0 Å². The molecule has 0 atom stereocenters. The Hall–Kier alpha value is -3.40. The van der Waals surface area contributed by atoms with E-state index in [2.05, 4.69) is 10.4 Å². The van der Waals surface area contributed by atoms with Gasteiger partial charge in [0.2, 0.25) is 0 Å². The topological polar surface area (TPSA) is 83.6 Å². The number of pyridine rings is 1. The van der Waals surface area contributed by atoms with E-state index >= 15 is 0 Å². The van der Waals surface area contributed by atoms with Crippen molar-refractivity contribution in [2.45, 2.75) is 13.8 Å². The first-order chi connectivity index (χ1) is 14.4. The van der Waals surface area contributed by atoms with Gasteiger partial charge >= 0.3 is 0 Å². The highest BCUT2D eigenvalue weighted by Gasteiger charge is 2.19. The Morgan fingerprint density at radius 2 is 1.93 bits per heavy atom. The summed E-state index contributed by atoms with van der Waals surface area (Å²) in [5, 5.41) is 18.2. The van der Waals surface area contributed by atoms with Crippen molar-refractivity contribution in [2.75, 3.05) is 5.32 Å². The van der Waals surface area contributed by atoms with Gasteiger partial charge in [-0.05, 0) is 49.2 Å². The Balaban J connectivity index is 1.83. The molecule has 0 radical (unpaired) electrons. The third kappa shape index (κ3) is 3.50. The van der Waals surface area contributed by atoms with Crippen LogP contribution in [0.3, 0.4) is 0 Å². The van der Waals surface area contributed by atoms with Crippen LogP contribution in [0.25, 0.3) is 16.7 Å². The number of carbonyl (C=O) groups excluding carboxylic acids is 1. The van der Waals surface area contributed by atoms with Crippen LogP contribution in [0.2, 0.25) is 10.0 Å². The summed E-state index contributed by atoms with van der Waals surface area (Å²) in [6.45, 7) is 3.96. The highest BCUT2D eigenvalue weighted by atomic mass is 35.5. The van der Waals surface area contributed by atoms with E-state index in [1.165, 1.54) is 16.9 Å². The van der Waals surface area contributed by atoms with Gasteiger partial charge in [-0.25, -0.2) is 4.98 Å². The summed E-state index contributed by atoms with van der Waals surface area (Å²) in [4.78, 5) is 17.6. The van der Waals surface area contributed by atoms with E-state index in [4.69, 9.17) is 28.2 Å². The van der Waals surface area contributed by atoms with Crippen molar-refractivity contribution in [1.29, 1.82) is 5.26 Å². The van der Waals surface area contributed by atoms with Gasteiger partial charge in [0, 0.05) is 10.4 Å². The molecule has 1 amide bonds. The van der Waals surface area contributed by atoms with Crippen molar-refractivity contribution in [3.8, 4) is 11.9 Å². The number of rotatable bonds is 3. The van der Waals surface area contributed by atoms with Crippen LogP contribution >= 0.6 is 23.2 Å². The smallest absolute Gasteiger partial charge is 0.258 e. The largest absolute Gasteiger partial charge is 0.305 e. The number of nitriles is 1. The first kappa shape index (κ1) is 19.9. The number of halogens is 2. The number of aromatic nitrogens is 3. The van der Waals surface area contributed by atoms with E-state index in [0.717, 1.165) is 22.0 Å². The zero-order chi connectivity index (χ0) is 21.4. The molecule has 0 aliphatic carbocycles. The summed E-state index contributed by atoms with van der Waals surface area (Å²) in [6, 6.07) is 14.5. The summed E-state index contributed by atoms with van der Waals surface area (Å²) >= 11 is 12.1. The van der Waals surface area contributed by atoms with Gasteiger partial charge in [-0.3, -0.25) is 4.79 Å². The number of benzene rings is 2. The lowest BCUT2D eigenvalue weighted by atomic mass is 10.1. The van der Waals surface area contributed by atoms with Crippen LogP contribution in [0.4, 0.5) is 5.82 Å². The lowest BCUT2D eigenvalue weighted by Crippen LogP contribution is -2.17. The van der Waals surface area contributed by atoms with E-state index in [1.807, 2.05) is 44.2 Å². The SMILES string of the molecule is Cc1cc(-n2ncc(C#N)c2NC(=O)c2cc(Cl)ccc2Cl)nc2c(C)cccc12. The second-order valence-corrected chi connectivity index (χ2v) is 7.62. The average molecular weight is 436 g/mol. The molecule has 0 spiro atoms. The number of para-hydroxylation sites is 1. The van der Waals surface area contributed by atoms with Crippen LogP contribution in [0.15, 0.2) is 48.7 Å². The molecule has 6 nitrogen and oxygen atoms in total. The minimum atomic E-state index is -0.505. The van der Waals surface area contributed by atoms with Crippen LogP contribution in [0, 0.1) is 25.2 Å². The summed E-state index contributed by atoms with van der Waals surface area (Å²) in [5.41, 5.74) is 3.24.